The van der Waals surface area contributed by atoms with Gasteiger partial charge in [-0.25, -0.2) is 0 Å². The first-order valence-corrected chi connectivity index (χ1v) is 9.75. The molecule has 2 aromatic carbocycles. The van der Waals surface area contributed by atoms with Gasteiger partial charge in [0.1, 0.15) is 0 Å². The van der Waals surface area contributed by atoms with Crippen LogP contribution in [-0.4, -0.2) is 68.5 Å². The maximum atomic E-state index is 13.1. The molecule has 0 aliphatic heterocycles. The summed E-state index contributed by atoms with van der Waals surface area (Å²) in [4.78, 5) is 22.6. The number of halogens is 2. The Hall–Kier alpha value is -3.48. The molecule has 0 aliphatic carbocycles. The lowest BCUT2D eigenvalue weighted by Gasteiger charge is -2.19. The van der Waals surface area contributed by atoms with Crippen LogP contribution in [0.25, 0.3) is 6.08 Å². The third-order valence-electron chi connectivity index (χ3n) is 3.86. The van der Waals surface area contributed by atoms with Crippen molar-refractivity contribution in [1.29, 1.82) is 0 Å². The molecule has 0 aliphatic rings. The van der Waals surface area contributed by atoms with Gasteiger partial charge in [-0.2, -0.15) is 8.78 Å². The van der Waals surface area contributed by atoms with E-state index < -0.39 is 32.9 Å². The molecular formula is C22H30F2N4O6. The average molecular weight is 485 g/mol. The van der Waals surface area contributed by atoms with Crippen molar-refractivity contribution in [2.45, 2.75) is 13.3 Å². The zero-order valence-electron chi connectivity index (χ0n) is 20.2. The summed E-state index contributed by atoms with van der Waals surface area (Å²) in [6.45, 7) is 1.67. The maximum Gasteiger partial charge on any atom is 0.304 e. The van der Waals surface area contributed by atoms with Crippen molar-refractivity contribution in [2.75, 3.05) is 42.4 Å². The molecule has 2 aromatic rings. The van der Waals surface area contributed by atoms with Gasteiger partial charge in [0.25, 0.3) is 0 Å². The van der Waals surface area contributed by atoms with Gasteiger partial charge in [-0.3, -0.25) is 25.1 Å². The van der Waals surface area contributed by atoms with Gasteiger partial charge in [0, 0.05) is 40.4 Å². The quantitative estimate of drug-likeness (QED) is 0.322. The molecule has 0 saturated carbocycles. The number of hydrogen-bond acceptors (Lipinski definition) is 8. The summed E-state index contributed by atoms with van der Waals surface area (Å²) in [7, 11) is 10.6. The van der Waals surface area contributed by atoms with Crippen LogP contribution in [0.5, 0.6) is 0 Å². The first-order valence-electron chi connectivity index (χ1n) is 9.75. The molecule has 34 heavy (non-hydrogen) atoms. The van der Waals surface area contributed by atoms with Crippen molar-refractivity contribution in [1.82, 2.24) is 9.80 Å². The lowest BCUT2D eigenvalue weighted by Crippen LogP contribution is -2.30. The van der Waals surface area contributed by atoms with Gasteiger partial charge in [-0.05, 0) is 62.6 Å². The minimum atomic E-state index is -0.819. The predicted molar refractivity (Wildman–Crippen MR) is 125 cm³/mol. The fourth-order valence-corrected chi connectivity index (χ4v) is 2.29. The number of aryl methyl sites for hydroxylation is 1. The van der Waals surface area contributed by atoms with E-state index in [1.165, 1.54) is 12.1 Å². The van der Waals surface area contributed by atoms with Gasteiger partial charge >= 0.3 is 11.4 Å². The summed E-state index contributed by atoms with van der Waals surface area (Å²) in [5.74, 6) is -1.60. The van der Waals surface area contributed by atoms with Crippen LogP contribution in [0.3, 0.4) is 0 Å². The Morgan fingerprint density at radius 1 is 0.882 bits per heavy atom. The van der Waals surface area contributed by atoms with E-state index in [9.17, 15) is 29.0 Å². The van der Waals surface area contributed by atoms with Crippen LogP contribution < -0.4 is 0 Å². The highest BCUT2D eigenvalue weighted by molar-refractivity contribution is 5.52. The minimum Gasteiger partial charge on any atom is -0.383 e. The van der Waals surface area contributed by atoms with E-state index >= 15 is 0 Å². The maximum absolute atomic E-state index is 13.1. The number of methoxy groups -OCH3 is 2. The van der Waals surface area contributed by atoms with Crippen LogP contribution in [0.2, 0.25) is 0 Å². The largest absolute Gasteiger partial charge is 0.383 e. The Balaban J connectivity index is 0.000000507. The van der Waals surface area contributed by atoms with E-state index in [2.05, 4.69) is 0 Å². The summed E-state index contributed by atoms with van der Waals surface area (Å²) in [6, 6.07) is 7.59. The van der Waals surface area contributed by atoms with Gasteiger partial charge in [0.15, 0.2) is 0 Å². The third-order valence-corrected chi connectivity index (χ3v) is 3.86. The van der Waals surface area contributed by atoms with Crippen LogP contribution in [0.1, 0.15) is 11.1 Å². The lowest BCUT2D eigenvalue weighted by molar-refractivity contribution is -0.387. The minimum absolute atomic E-state index is 0.213. The molecular weight excluding hydrogens is 454 g/mol. The van der Waals surface area contributed by atoms with E-state index in [4.69, 9.17) is 9.47 Å². The van der Waals surface area contributed by atoms with Crippen LogP contribution in [-0.2, 0) is 9.47 Å². The number of nitro benzene ring substituents is 2. The van der Waals surface area contributed by atoms with Crippen LogP contribution >= 0.6 is 0 Å². The highest BCUT2D eigenvalue weighted by Gasteiger charge is 2.13. The van der Waals surface area contributed by atoms with Gasteiger partial charge in [-0.15, -0.1) is 0 Å². The van der Waals surface area contributed by atoms with Crippen LogP contribution in [0, 0.1) is 38.8 Å². The standard InChI is InChI=1S/C10H11FN2O2.C7H6FNO2.C5H13NO2/c1-12(2)6-5-8-3-4-10(13(14)15)9(11)7-8;1-5-2-3-7(9(10)11)6(8)4-5;1-6(2)5(7-3)8-4/h3-7H,1-2H3;2-4H,1H3;5H,1-4H3/b6-5+;;. The van der Waals surface area contributed by atoms with Crippen molar-refractivity contribution in [3.8, 4) is 0 Å². The van der Waals surface area contributed by atoms with Crippen molar-refractivity contribution >= 4 is 17.5 Å². The molecule has 0 atom stereocenters. The predicted octanol–water partition coefficient (Wildman–Crippen LogP) is 4.43. The van der Waals surface area contributed by atoms with E-state index in [0.717, 1.165) is 24.3 Å². The Morgan fingerprint density at radius 3 is 1.68 bits per heavy atom. The Morgan fingerprint density at radius 2 is 1.35 bits per heavy atom. The number of rotatable bonds is 7. The normalized spacial score (nSPS) is 10.4. The molecule has 0 radical (unpaired) electrons. The number of ether oxygens (including phenoxy) is 2. The van der Waals surface area contributed by atoms with Gasteiger partial charge in [-0.1, -0.05) is 6.07 Å². The van der Waals surface area contributed by atoms with Crippen LogP contribution in [0.15, 0.2) is 42.6 Å². The second kappa shape index (κ2) is 15.4. The number of hydrogen-bond donors (Lipinski definition) is 0. The number of benzene rings is 2. The van der Waals surface area contributed by atoms with Crippen molar-refractivity contribution in [3.63, 3.8) is 0 Å². The summed E-state index contributed by atoms with van der Waals surface area (Å²) >= 11 is 0. The fourth-order valence-electron chi connectivity index (χ4n) is 2.29. The average Bonchev–Trinajstić information content (AvgIpc) is 2.73. The first kappa shape index (κ1) is 30.5. The van der Waals surface area contributed by atoms with Crippen molar-refractivity contribution in [3.05, 3.63) is 85.6 Å². The van der Waals surface area contributed by atoms with E-state index in [1.54, 1.807) is 38.3 Å². The molecule has 0 fully saturated rings. The molecule has 0 unspecified atom stereocenters. The molecule has 188 valence electrons. The van der Waals surface area contributed by atoms with Gasteiger partial charge in [0.2, 0.25) is 18.0 Å². The third kappa shape index (κ3) is 11.4. The molecule has 0 saturated heterocycles. The molecule has 0 spiro atoms. The molecule has 0 heterocycles. The zero-order valence-corrected chi connectivity index (χ0v) is 20.2. The Bertz CT molecular complexity index is 966. The molecule has 0 N–H and O–H groups in total. The summed E-state index contributed by atoms with van der Waals surface area (Å²) in [6.07, 6.45) is 3.20. The lowest BCUT2D eigenvalue weighted by atomic mass is 10.2. The number of nitro groups is 2. The molecule has 0 aromatic heterocycles. The Labute approximate surface area is 197 Å². The molecule has 0 amide bonds. The Kier molecular flexibility index (Phi) is 13.8. The smallest absolute Gasteiger partial charge is 0.304 e. The molecule has 0 bridgehead atoms. The van der Waals surface area contributed by atoms with Gasteiger partial charge < -0.3 is 14.4 Å². The van der Waals surface area contributed by atoms with E-state index in [0.29, 0.717) is 11.1 Å². The zero-order chi connectivity index (χ0) is 26.4. The second-order valence-electron chi connectivity index (χ2n) is 7.20. The van der Waals surface area contributed by atoms with Crippen LogP contribution in [0.4, 0.5) is 20.2 Å². The monoisotopic (exact) mass is 484 g/mol. The SMILES string of the molecule is CN(C)/C=C/c1ccc([N+](=O)[O-])c(F)c1.COC(OC)N(C)C.Cc1ccc([N+](=O)[O-])c(F)c1. The van der Waals surface area contributed by atoms with Crippen molar-refractivity contribution < 1.29 is 28.1 Å². The topological polar surface area (TPSA) is 111 Å². The fraction of sp³-hybridized carbons (Fsp3) is 0.364. The summed E-state index contributed by atoms with van der Waals surface area (Å²) < 4.78 is 35.5. The summed E-state index contributed by atoms with van der Waals surface area (Å²) in [5, 5.41) is 20.4. The van der Waals surface area contributed by atoms with Crippen molar-refractivity contribution in [2.24, 2.45) is 0 Å². The second-order valence-corrected chi connectivity index (χ2v) is 7.20. The van der Waals surface area contributed by atoms with Gasteiger partial charge in [0.05, 0.1) is 9.85 Å². The highest BCUT2D eigenvalue weighted by Crippen LogP contribution is 2.19. The highest BCUT2D eigenvalue weighted by atomic mass is 19.1. The molecule has 2 rings (SSSR count). The molecule has 12 heteroatoms. The summed E-state index contributed by atoms with van der Waals surface area (Å²) in [5.41, 5.74) is 0.285. The van der Waals surface area contributed by atoms with E-state index in [1.807, 2.05) is 33.1 Å². The first-order chi connectivity index (χ1) is 15.8. The number of nitrogens with zero attached hydrogens (tertiary/aromatic N) is 4. The molecule has 10 nitrogen and oxygen atoms in total. The van der Waals surface area contributed by atoms with E-state index in [-0.39, 0.29) is 6.41 Å².